The number of epoxide rings is 1. The van der Waals surface area contributed by atoms with Crippen molar-refractivity contribution in [1.82, 2.24) is 0 Å². The van der Waals surface area contributed by atoms with Crippen molar-refractivity contribution in [3.05, 3.63) is 41.0 Å². The van der Waals surface area contributed by atoms with Gasteiger partial charge in [0.2, 0.25) is 5.78 Å². The third-order valence-electron chi connectivity index (χ3n) is 5.07. The molecule has 2 heterocycles. The highest BCUT2D eigenvalue weighted by atomic mass is 32.2. The fourth-order valence-electron chi connectivity index (χ4n) is 3.65. The van der Waals surface area contributed by atoms with E-state index in [9.17, 15) is 13.2 Å². The second-order valence-electron chi connectivity index (χ2n) is 6.86. The molecule has 1 fully saturated rings. The molecule has 0 bridgehead atoms. The van der Waals surface area contributed by atoms with Gasteiger partial charge < -0.3 is 9.47 Å². The second kappa shape index (κ2) is 4.68. The van der Waals surface area contributed by atoms with Gasteiger partial charge >= 0.3 is 0 Å². The number of Topliss-reactive ketones (excluding diaryl/α,β-unsaturated/α-hetero) is 1. The van der Waals surface area contributed by atoms with Crippen LogP contribution < -0.4 is 0 Å². The van der Waals surface area contributed by atoms with Crippen LogP contribution >= 0.6 is 0 Å². The highest BCUT2D eigenvalue weighted by Gasteiger charge is 2.61. The lowest BCUT2D eigenvalue weighted by atomic mass is 9.77. The minimum atomic E-state index is -3.85. The van der Waals surface area contributed by atoms with Gasteiger partial charge in [0, 0.05) is 23.1 Å². The van der Waals surface area contributed by atoms with Gasteiger partial charge in [-0.05, 0) is 13.8 Å². The van der Waals surface area contributed by atoms with Crippen molar-refractivity contribution >= 4 is 21.7 Å². The van der Waals surface area contributed by atoms with Gasteiger partial charge in [-0.15, -0.1) is 0 Å². The number of ether oxygens (including phenoxy) is 2. The van der Waals surface area contributed by atoms with Crippen LogP contribution in [0, 0.1) is 0 Å². The van der Waals surface area contributed by atoms with E-state index < -0.39 is 26.6 Å². The van der Waals surface area contributed by atoms with Crippen molar-refractivity contribution < 1.29 is 26.9 Å². The molecule has 0 aromatic heterocycles. The Morgan fingerprint density at radius 3 is 2.54 bits per heavy atom. The average molecular weight is 350 g/mol. The molecule has 0 N–H and O–H groups in total. The topological polar surface area (TPSA) is 82.2 Å². The molecule has 1 aromatic carbocycles. The number of hydrogen-bond acceptors (Lipinski definition) is 6. The maximum absolute atomic E-state index is 13.0. The first-order valence-electron chi connectivity index (χ1n) is 7.73. The first-order chi connectivity index (χ1) is 11.2. The molecule has 3 aliphatic rings. The van der Waals surface area contributed by atoms with Crippen LogP contribution in [0.25, 0.3) is 5.76 Å². The Bertz CT molecular complexity index is 876. The fourth-order valence-corrected chi connectivity index (χ4v) is 5.00. The summed E-state index contributed by atoms with van der Waals surface area (Å²) in [5, 5.41) is -0.959. The van der Waals surface area contributed by atoms with Gasteiger partial charge in [0.15, 0.2) is 5.60 Å². The van der Waals surface area contributed by atoms with E-state index in [4.69, 9.17) is 13.7 Å². The van der Waals surface area contributed by atoms with Crippen LogP contribution in [-0.4, -0.2) is 38.8 Å². The molecule has 2 unspecified atom stereocenters. The summed E-state index contributed by atoms with van der Waals surface area (Å²) in [7, 11) is -2.73. The zero-order chi connectivity index (χ0) is 17.3. The van der Waals surface area contributed by atoms with Crippen LogP contribution in [0.1, 0.15) is 31.4 Å². The van der Waals surface area contributed by atoms with Crippen LogP contribution in [0.15, 0.2) is 29.8 Å². The molecule has 1 spiro atoms. The Morgan fingerprint density at radius 1 is 1.25 bits per heavy atom. The van der Waals surface area contributed by atoms with Crippen molar-refractivity contribution in [3.63, 3.8) is 0 Å². The van der Waals surface area contributed by atoms with Gasteiger partial charge in [-0.2, -0.15) is 8.42 Å². The van der Waals surface area contributed by atoms with Crippen molar-refractivity contribution in [1.29, 1.82) is 0 Å². The predicted octanol–water partition coefficient (Wildman–Crippen LogP) is 1.75. The van der Waals surface area contributed by atoms with Crippen LogP contribution in [0.5, 0.6) is 0 Å². The Kier molecular flexibility index (Phi) is 3.08. The largest absolute Gasteiger partial charge is 0.485 e. The summed E-state index contributed by atoms with van der Waals surface area (Å²) >= 11 is 0. The number of benzene rings is 1. The van der Waals surface area contributed by atoms with Gasteiger partial charge in [0.05, 0.1) is 13.7 Å². The van der Waals surface area contributed by atoms with Crippen molar-refractivity contribution in [2.75, 3.05) is 13.7 Å². The van der Waals surface area contributed by atoms with Crippen molar-refractivity contribution in [2.24, 2.45) is 0 Å². The molecule has 4 rings (SSSR count). The molecule has 1 aliphatic carbocycles. The number of ketones is 1. The number of carbonyl (C=O) groups is 1. The summed E-state index contributed by atoms with van der Waals surface area (Å²) in [4.78, 5) is 13.0. The van der Waals surface area contributed by atoms with Crippen LogP contribution in [0.3, 0.4) is 0 Å². The summed E-state index contributed by atoms with van der Waals surface area (Å²) in [6.07, 6.45) is 0.0524. The molecule has 2 atom stereocenters. The molecule has 0 radical (unpaired) electrons. The lowest BCUT2D eigenvalue weighted by molar-refractivity contribution is -0.121. The van der Waals surface area contributed by atoms with E-state index in [2.05, 4.69) is 0 Å². The molecule has 128 valence electrons. The van der Waals surface area contributed by atoms with Crippen molar-refractivity contribution in [2.45, 2.75) is 36.7 Å². The Balaban J connectivity index is 1.91. The molecule has 2 aliphatic heterocycles. The Labute approximate surface area is 140 Å². The number of hydrogen-bond donors (Lipinski definition) is 0. The standard InChI is InChI=1S/C17H18O6S/c1-16(2)13(24(19,20)21-3)8-11-14(23-16)10-6-4-5-7-12(10)17(9-22-17)15(11)18/h4-7,13H,8-9H2,1-3H3. The molecular formula is C17H18O6S. The van der Waals surface area contributed by atoms with E-state index in [1.807, 2.05) is 24.3 Å². The highest BCUT2D eigenvalue weighted by molar-refractivity contribution is 7.87. The number of carbonyl (C=O) groups excluding carboxylic acids is 1. The normalized spacial score (nSPS) is 30.6. The minimum Gasteiger partial charge on any atom is -0.485 e. The molecule has 6 nitrogen and oxygen atoms in total. The van der Waals surface area contributed by atoms with Crippen LogP contribution in [0.2, 0.25) is 0 Å². The summed E-state index contributed by atoms with van der Waals surface area (Å²) in [5.74, 6) is 0.257. The molecule has 7 heteroatoms. The molecule has 1 aromatic rings. The Hall–Kier alpha value is -1.70. The van der Waals surface area contributed by atoms with Gasteiger partial charge in [-0.25, -0.2) is 0 Å². The minimum absolute atomic E-state index is 0.0524. The van der Waals surface area contributed by atoms with Crippen LogP contribution in [0.4, 0.5) is 0 Å². The molecule has 0 saturated carbocycles. The Morgan fingerprint density at radius 2 is 1.92 bits per heavy atom. The van der Waals surface area contributed by atoms with E-state index in [0.717, 1.165) is 18.2 Å². The van der Waals surface area contributed by atoms with Crippen molar-refractivity contribution in [3.8, 4) is 0 Å². The predicted molar refractivity (Wildman–Crippen MR) is 85.5 cm³/mol. The van der Waals surface area contributed by atoms with E-state index in [1.54, 1.807) is 13.8 Å². The van der Waals surface area contributed by atoms with Gasteiger partial charge in [0.1, 0.15) is 16.6 Å². The van der Waals surface area contributed by atoms with Gasteiger partial charge in [-0.1, -0.05) is 24.3 Å². The number of fused-ring (bicyclic) bond motifs is 3. The SMILES string of the molecule is COS(=O)(=O)C1CC2=C(OC1(C)C)c1ccccc1C1(CO1)C2=O. The third kappa shape index (κ3) is 1.95. The van der Waals surface area contributed by atoms with Gasteiger partial charge in [-0.3, -0.25) is 8.98 Å². The third-order valence-corrected chi connectivity index (χ3v) is 6.96. The number of rotatable bonds is 2. The maximum Gasteiger partial charge on any atom is 0.274 e. The summed E-state index contributed by atoms with van der Waals surface area (Å²) in [6, 6.07) is 7.46. The smallest absolute Gasteiger partial charge is 0.274 e. The summed E-state index contributed by atoms with van der Waals surface area (Å²) < 4.78 is 40.8. The summed E-state index contributed by atoms with van der Waals surface area (Å²) in [6.45, 7) is 3.71. The van der Waals surface area contributed by atoms with Crippen LogP contribution in [-0.2, 0) is 34.2 Å². The quantitative estimate of drug-likeness (QED) is 0.597. The molecule has 0 amide bonds. The lowest BCUT2D eigenvalue weighted by Crippen LogP contribution is -2.49. The van der Waals surface area contributed by atoms with E-state index >= 15 is 0 Å². The van der Waals surface area contributed by atoms with E-state index in [-0.39, 0.29) is 12.2 Å². The highest BCUT2D eigenvalue weighted by Crippen LogP contribution is 2.53. The first kappa shape index (κ1) is 15.8. The second-order valence-corrected chi connectivity index (χ2v) is 8.74. The summed E-state index contributed by atoms with van der Waals surface area (Å²) in [5.41, 5.74) is -0.0304. The van der Waals surface area contributed by atoms with E-state index in [0.29, 0.717) is 17.9 Å². The molecule has 24 heavy (non-hydrogen) atoms. The maximum atomic E-state index is 13.0. The fraction of sp³-hybridized carbons (Fsp3) is 0.471. The van der Waals surface area contributed by atoms with Gasteiger partial charge in [0.25, 0.3) is 10.1 Å². The zero-order valence-electron chi connectivity index (χ0n) is 13.7. The average Bonchev–Trinajstić information content (AvgIpc) is 3.33. The molecule has 1 saturated heterocycles. The first-order valence-corrected chi connectivity index (χ1v) is 9.20. The monoisotopic (exact) mass is 350 g/mol. The lowest BCUT2D eigenvalue weighted by Gasteiger charge is -2.42. The van der Waals surface area contributed by atoms with E-state index in [1.165, 1.54) is 0 Å². The zero-order valence-corrected chi connectivity index (χ0v) is 14.5. The molecular weight excluding hydrogens is 332 g/mol.